The molecule has 1 heterocycles. The van der Waals surface area contributed by atoms with E-state index in [2.05, 4.69) is 22.3 Å². The first-order valence-corrected chi connectivity index (χ1v) is 10.5. The van der Waals surface area contributed by atoms with E-state index >= 15 is 0 Å². The Balaban J connectivity index is 1.48. The third-order valence-electron chi connectivity index (χ3n) is 5.07. The lowest BCUT2D eigenvalue weighted by molar-refractivity contribution is 0.0951. The monoisotopic (exact) mass is 380 g/mol. The Morgan fingerprint density at radius 3 is 2.14 bits per heavy atom. The van der Waals surface area contributed by atoms with E-state index in [0.29, 0.717) is 12.1 Å². The third kappa shape index (κ3) is 6.38. The molecule has 1 aliphatic heterocycles. The molecule has 2 aromatic carbocycles. The second-order valence-corrected chi connectivity index (χ2v) is 7.88. The fraction of sp³-hybridized carbons (Fsp3) is 0.458. The van der Waals surface area contributed by atoms with Crippen LogP contribution in [0.15, 0.2) is 48.5 Å². The number of hydrogen-bond acceptors (Lipinski definition) is 3. The van der Waals surface area contributed by atoms with Crippen molar-refractivity contribution < 1.29 is 9.53 Å². The average Bonchev–Trinajstić information content (AvgIpc) is 2.96. The summed E-state index contributed by atoms with van der Waals surface area (Å²) in [6, 6.07) is 15.9. The Labute approximate surface area is 168 Å². The van der Waals surface area contributed by atoms with E-state index < -0.39 is 0 Å². The van der Waals surface area contributed by atoms with Gasteiger partial charge in [0.1, 0.15) is 5.75 Å². The van der Waals surface area contributed by atoms with Crippen LogP contribution in [-0.2, 0) is 13.1 Å². The van der Waals surface area contributed by atoms with Crippen LogP contribution in [-0.4, -0.2) is 30.0 Å². The smallest absolute Gasteiger partial charge is 0.251 e. The van der Waals surface area contributed by atoms with Crippen LogP contribution in [0.5, 0.6) is 5.75 Å². The Hall–Kier alpha value is -2.33. The van der Waals surface area contributed by atoms with E-state index in [0.717, 1.165) is 17.9 Å². The van der Waals surface area contributed by atoms with Crippen LogP contribution in [0, 0.1) is 0 Å². The van der Waals surface area contributed by atoms with Crippen molar-refractivity contribution in [1.82, 2.24) is 10.2 Å². The molecule has 0 atom stereocenters. The summed E-state index contributed by atoms with van der Waals surface area (Å²) < 4.78 is 5.65. The van der Waals surface area contributed by atoms with Gasteiger partial charge >= 0.3 is 0 Å². The van der Waals surface area contributed by atoms with Crippen molar-refractivity contribution in [3.63, 3.8) is 0 Å². The first kappa shape index (κ1) is 20.4. The molecule has 2 aromatic rings. The average molecular weight is 381 g/mol. The largest absolute Gasteiger partial charge is 0.491 e. The topological polar surface area (TPSA) is 41.6 Å². The lowest BCUT2D eigenvalue weighted by Gasteiger charge is -2.19. The van der Waals surface area contributed by atoms with E-state index in [1.807, 2.05) is 50.2 Å². The molecular formula is C24H32N2O2. The highest BCUT2D eigenvalue weighted by Crippen LogP contribution is 2.15. The summed E-state index contributed by atoms with van der Waals surface area (Å²) in [4.78, 5) is 15.0. The molecular weight excluding hydrogens is 348 g/mol. The molecule has 1 N–H and O–H groups in total. The molecule has 0 radical (unpaired) electrons. The molecule has 1 aliphatic rings. The first-order valence-electron chi connectivity index (χ1n) is 10.5. The molecule has 0 saturated carbocycles. The Morgan fingerprint density at radius 1 is 0.929 bits per heavy atom. The lowest BCUT2D eigenvalue weighted by atomic mass is 10.1. The molecule has 0 aliphatic carbocycles. The number of amides is 1. The fourth-order valence-electron chi connectivity index (χ4n) is 3.56. The SMILES string of the molecule is CC(C)Oc1ccc(CNC(=O)c2ccc(CN3CCCCCC3)cc2)cc1. The maximum atomic E-state index is 12.4. The summed E-state index contributed by atoms with van der Waals surface area (Å²) in [5, 5.41) is 2.99. The van der Waals surface area contributed by atoms with Crippen LogP contribution in [0.25, 0.3) is 0 Å². The van der Waals surface area contributed by atoms with E-state index in [-0.39, 0.29) is 12.0 Å². The van der Waals surface area contributed by atoms with Crippen LogP contribution in [0.2, 0.25) is 0 Å². The van der Waals surface area contributed by atoms with Crippen LogP contribution in [0.4, 0.5) is 0 Å². The Bertz CT molecular complexity index is 730. The summed E-state index contributed by atoms with van der Waals surface area (Å²) in [7, 11) is 0. The zero-order valence-corrected chi connectivity index (χ0v) is 17.1. The highest BCUT2D eigenvalue weighted by Gasteiger charge is 2.10. The van der Waals surface area contributed by atoms with Gasteiger partial charge in [-0.25, -0.2) is 0 Å². The quantitative estimate of drug-likeness (QED) is 0.752. The lowest BCUT2D eigenvalue weighted by Crippen LogP contribution is -2.24. The summed E-state index contributed by atoms with van der Waals surface area (Å²) in [6.45, 7) is 7.87. The van der Waals surface area contributed by atoms with Gasteiger partial charge < -0.3 is 10.1 Å². The number of likely N-dealkylation sites (tertiary alicyclic amines) is 1. The summed E-state index contributed by atoms with van der Waals surface area (Å²) in [6.07, 6.45) is 5.45. The van der Waals surface area contributed by atoms with Gasteiger partial charge in [0.05, 0.1) is 6.10 Å². The third-order valence-corrected chi connectivity index (χ3v) is 5.07. The first-order chi connectivity index (χ1) is 13.6. The minimum atomic E-state index is -0.0381. The second-order valence-electron chi connectivity index (χ2n) is 7.88. The van der Waals surface area contributed by atoms with E-state index in [9.17, 15) is 4.79 Å². The number of hydrogen-bond donors (Lipinski definition) is 1. The van der Waals surface area contributed by atoms with Gasteiger partial charge in [-0.15, -0.1) is 0 Å². The van der Waals surface area contributed by atoms with Crippen molar-refractivity contribution >= 4 is 5.91 Å². The van der Waals surface area contributed by atoms with Crippen molar-refractivity contribution in [1.29, 1.82) is 0 Å². The number of benzene rings is 2. The fourth-order valence-corrected chi connectivity index (χ4v) is 3.56. The molecule has 1 fully saturated rings. The molecule has 3 rings (SSSR count). The van der Waals surface area contributed by atoms with Crippen molar-refractivity contribution in [2.45, 2.75) is 58.7 Å². The van der Waals surface area contributed by atoms with Gasteiger partial charge in [-0.2, -0.15) is 0 Å². The molecule has 1 amide bonds. The van der Waals surface area contributed by atoms with Gasteiger partial charge in [-0.1, -0.05) is 37.1 Å². The number of nitrogens with zero attached hydrogens (tertiary/aromatic N) is 1. The van der Waals surface area contributed by atoms with Crippen molar-refractivity contribution in [3.8, 4) is 5.75 Å². The zero-order chi connectivity index (χ0) is 19.8. The molecule has 0 unspecified atom stereocenters. The maximum Gasteiger partial charge on any atom is 0.251 e. The molecule has 4 nitrogen and oxygen atoms in total. The normalized spacial score (nSPS) is 15.2. The van der Waals surface area contributed by atoms with Crippen LogP contribution in [0.3, 0.4) is 0 Å². The molecule has 28 heavy (non-hydrogen) atoms. The molecule has 0 spiro atoms. The molecule has 0 aromatic heterocycles. The van der Waals surface area contributed by atoms with Crippen LogP contribution >= 0.6 is 0 Å². The van der Waals surface area contributed by atoms with Crippen molar-refractivity contribution in [2.75, 3.05) is 13.1 Å². The highest BCUT2D eigenvalue weighted by molar-refractivity contribution is 5.94. The number of carbonyl (C=O) groups excluding carboxylic acids is 1. The molecule has 150 valence electrons. The van der Waals surface area contributed by atoms with Crippen molar-refractivity contribution in [3.05, 3.63) is 65.2 Å². The second kappa shape index (κ2) is 10.3. The van der Waals surface area contributed by atoms with Crippen molar-refractivity contribution in [2.24, 2.45) is 0 Å². The number of rotatable bonds is 7. The van der Waals surface area contributed by atoms with E-state index in [1.54, 1.807) is 0 Å². The predicted octanol–water partition coefficient (Wildman–Crippen LogP) is 4.78. The summed E-state index contributed by atoms with van der Waals surface area (Å²) in [5.74, 6) is 0.814. The minimum Gasteiger partial charge on any atom is -0.491 e. The van der Waals surface area contributed by atoms with E-state index in [1.165, 1.54) is 44.3 Å². The van der Waals surface area contributed by atoms with Gasteiger partial charge in [0.2, 0.25) is 0 Å². The summed E-state index contributed by atoms with van der Waals surface area (Å²) >= 11 is 0. The van der Waals surface area contributed by atoms with E-state index in [4.69, 9.17) is 4.74 Å². The van der Waals surface area contributed by atoms with Gasteiger partial charge in [0.25, 0.3) is 5.91 Å². The van der Waals surface area contributed by atoms with Gasteiger partial charge in [-0.3, -0.25) is 9.69 Å². The zero-order valence-electron chi connectivity index (χ0n) is 17.1. The molecule has 4 heteroatoms. The molecule has 1 saturated heterocycles. The standard InChI is InChI=1S/C24H32N2O2/c1-19(2)28-23-13-9-20(10-14-23)17-25-24(27)22-11-7-21(8-12-22)18-26-15-5-3-4-6-16-26/h7-14,19H,3-6,15-18H2,1-2H3,(H,25,27). The Kier molecular flexibility index (Phi) is 7.49. The molecule has 0 bridgehead atoms. The van der Waals surface area contributed by atoms with Gasteiger partial charge in [0.15, 0.2) is 0 Å². The van der Waals surface area contributed by atoms with Gasteiger partial charge in [0, 0.05) is 18.7 Å². The number of nitrogens with one attached hydrogen (secondary N) is 1. The van der Waals surface area contributed by atoms with Crippen LogP contribution in [0.1, 0.15) is 61.0 Å². The minimum absolute atomic E-state index is 0.0381. The Morgan fingerprint density at radius 2 is 1.54 bits per heavy atom. The highest BCUT2D eigenvalue weighted by atomic mass is 16.5. The predicted molar refractivity (Wildman–Crippen MR) is 114 cm³/mol. The van der Waals surface area contributed by atoms with Gasteiger partial charge in [-0.05, 0) is 75.2 Å². The summed E-state index contributed by atoms with van der Waals surface area (Å²) in [5.41, 5.74) is 3.04. The maximum absolute atomic E-state index is 12.4. The van der Waals surface area contributed by atoms with Crippen LogP contribution < -0.4 is 10.1 Å². The number of carbonyl (C=O) groups is 1. The number of ether oxygens (including phenoxy) is 1.